The standard InChI is InChI=1S/C14H15NO2/c1-14(2,3)9-11-13(16)17-12(15-11)10-7-5-4-6-8-10/h4-9H,1-3H3. The minimum atomic E-state index is -0.376. The van der Waals surface area contributed by atoms with Crippen molar-refractivity contribution in [3.05, 3.63) is 47.7 Å². The maximum Gasteiger partial charge on any atom is 0.363 e. The summed E-state index contributed by atoms with van der Waals surface area (Å²) in [4.78, 5) is 15.9. The lowest BCUT2D eigenvalue weighted by molar-refractivity contribution is -0.130. The molecule has 0 saturated heterocycles. The largest absolute Gasteiger partial charge is 0.402 e. The number of nitrogens with zero attached hydrogens (tertiary/aromatic N) is 1. The van der Waals surface area contributed by atoms with E-state index >= 15 is 0 Å². The van der Waals surface area contributed by atoms with Crippen molar-refractivity contribution < 1.29 is 9.53 Å². The van der Waals surface area contributed by atoms with Gasteiger partial charge in [0.25, 0.3) is 0 Å². The molecule has 0 saturated carbocycles. The molecule has 0 aliphatic carbocycles. The first-order chi connectivity index (χ1) is 7.96. The minimum Gasteiger partial charge on any atom is -0.402 e. The highest BCUT2D eigenvalue weighted by atomic mass is 16.6. The van der Waals surface area contributed by atoms with Crippen LogP contribution >= 0.6 is 0 Å². The topological polar surface area (TPSA) is 38.7 Å². The number of esters is 1. The van der Waals surface area contributed by atoms with Crippen LogP contribution in [0.3, 0.4) is 0 Å². The van der Waals surface area contributed by atoms with Crippen molar-refractivity contribution in [2.24, 2.45) is 10.4 Å². The Morgan fingerprint density at radius 1 is 1.18 bits per heavy atom. The fourth-order valence-corrected chi connectivity index (χ4v) is 1.52. The predicted octanol–water partition coefficient (Wildman–Crippen LogP) is 2.92. The van der Waals surface area contributed by atoms with Gasteiger partial charge in [-0.05, 0) is 23.6 Å². The van der Waals surface area contributed by atoms with Gasteiger partial charge in [-0.15, -0.1) is 0 Å². The zero-order valence-corrected chi connectivity index (χ0v) is 10.2. The highest BCUT2D eigenvalue weighted by Crippen LogP contribution is 2.23. The Morgan fingerprint density at radius 3 is 2.41 bits per heavy atom. The molecular weight excluding hydrogens is 214 g/mol. The molecule has 0 spiro atoms. The van der Waals surface area contributed by atoms with Crippen LogP contribution in [0.1, 0.15) is 26.3 Å². The molecule has 0 unspecified atom stereocenters. The van der Waals surface area contributed by atoms with Crippen molar-refractivity contribution in [3.8, 4) is 0 Å². The molecule has 2 rings (SSSR count). The van der Waals surface area contributed by atoms with Crippen molar-refractivity contribution in [3.63, 3.8) is 0 Å². The van der Waals surface area contributed by atoms with E-state index in [4.69, 9.17) is 4.74 Å². The van der Waals surface area contributed by atoms with Crippen molar-refractivity contribution in [2.45, 2.75) is 20.8 Å². The quantitative estimate of drug-likeness (QED) is 0.548. The van der Waals surface area contributed by atoms with Crippen LogP contribution in [0, 0.1) is 5.41 Å². The lowest BCUT2D eigenvalue weighted by Crippen LogP contribution is -2.07. The van der Waals surface area contributed by atoms with Crippen LogP contribution in [0.5, 0.6) is 0 Å². The molecule has 0 aromatic heterocycles. The molecule has 1 heterocycles. The van der Waals surface area contributed by atoms with E-state index in [1.165, 1.54) is 0 Å². The van der Waals surface area contributed by atoms with E-state index in [1.54, 1.807) is 0 Å². The lowest BCUT2D eigenvalue weighted by atomic mass is 9.95. The number of hydrogen-bond acceptors (Lipinski definition) is 3. The first kappa shape index (κ1) is 11.6. The van der Waals surface area contributed by atoms with Crippen molar-refractivity contribution in [2.75, 3.05) is 0 Å². The molecule has 3 nitrogen and oxygen atoms in total. The normalized spacial score (nSPS) is 18.2. The summed E-state index contributed by atoms with van der Waals surface area (Å²) in [6.07, 6.45) is 1.82. The maximum atomic E-state index is 11.6. The van der Waals surface area contributed by atoms with E-state index < -0.39 is 0 Å². The second-order valence-corrected chi connectivity index (χ2v) is 5.07. The van der Waals surface area contributed by atoms with Gasteiger partial charge in [0.2, 0.25) is 5.90 Å². The summed E-state index contributed by atoms with van der Waals surface area (Å²) < 4.78 is 5.15. The van der Waals surface area contributed by atoms with Gasteiger partial charge >= 0.3 is 5.97 Å². The van der Waals surface area contributed by atoms with E-state index in [9.17, 15) is 4.79 Å². The molecule has 1 aromatic carbocycles. The Hall–Kier alpha value is -1.90. The number of carbonyl (C=O) groups is 1. The number of carbonyl (C=O) groups excluding carboxylic acids is 1. The molecular formula is C14H15NO2. The molecule has 0 fully saturated rings. The van der Waals surface area contributed by atoms with Crippen LogP contribution < -0.4 is 0 Å². The third-order valence-electron chi connectivity index (χ3n) is 2.21. The van der Waals surface area contributed by atoms with Gasteiger partial charge in [0.15, 0.2) is 0 Å². The number of ether oxygens (including phenoxy) is 1. The second kappa shape index (κ2) is 4.17. The summed E-state index contributed by atoms with van der Waals surface area (Å²) in [6, 6.07) is 9.42. The van der Waals surface area contributed by atoms with Crippen LogP contribution in [0.2, 0.25) is 0 Å². The Labute approximate surface area is 101 Å². The molecule has 1 aliphatic heterocycles. The van der Waals surface area contributed by atoms with E-state index in [2.05, 4.69) is 4.99 Å². The maximum absolute atomic E-state index is 11.6. The number of cyclic esters (lactones) is 1. The minimum absolute atomic E-state index is 0.0933. The molecule has 3 heteroatoms. The van der Waals surface area contributed by atoms with Gasteiger partial charge < -0.3 is 4.74 Å². The van der Waals surface area contributed by atoms with Gasteiger partial charge in [-0.2, -0.15) is 0 Å². The molecule has 88 valence electrons. The lowest BCUT2D eigenvalue weighted by Gasteiger charge is -2.10. The zero-order valence-electron chi connectivity index (χ0n) is 10.2. The average molecular weight is 229 g/mol. The van der Waals surface area contributed by atoms with Gasteiger partial charge in [0, 0.05) is 5.56 Å². The monoisotopic (exact) mass is 229 g/mol. The van der Waals surface area contributed by atoms with Gasteiger partial charge in [0.1, 0.15) is 5.70 Å². The Balaban J connectivity index is 2.33. The third-order valence-corrected chi connectivity index (χ3v) is 2.21. The molecule has 17 heavy (non-hydrogen) atoms. The number of allylic oxidation sites excluding steroid dienone is 1. The summed E-state index contributed by atoms with van der Waals surface area (Å²) in [7, 11) is 0. The smallest absolute Gasteiger partial charge is 0.363 e. The highest BCUT2D eigenvalue weighted by molar-refractivity contribution is 6.11. The number of aliphatic imine (C=N–C) groups is 1. The molecule has 0 N–H and O–H groups in total. The first-order valence-corrected chi connectivity index (χ1v) is 5.55. The molecule has 0 amide bonds. The summed E-state index contributed by atoms with van der Waals surface area (Å²) in [5, 5.41) is 0. The van der Waals surface area contributed by atoms with Gasteiger partial charge in [-0.1, -0.05) is 39.0 Å². The highest BCUT2D eigenvalue weighted by Gasteiger charge is 2.25. The Bertz CT molecular complexity index is 493. The molecule has 1 aromatic rings. The molecule has 0 bridgehead atoms. The van der Waals surface area contributed by atoms with Crippen molar-refractivity contribution in [1.82, 2.24) is 0 Å². The SMILES string of the molecule is CC(C)(C)C=C1N=C(c2ccccc2)OC1=O. The fourth-order valence-electron chi connectivity index (χ4n) is 1.52. The van der Waals surface area contributed by atoms with E-state index in [1.807, 2.05) is 57.2 Å². The summed E-state index contributed by atoms with van der Waals surface area (Å²) in [6.45, 7) is 6.05. The van der Waals surface area contributed by atoms with Gasteiger partial charge in [-0.3, -0.25) is 0 Å². The third kappa shape index (κ3) is 2.81. The Morgan fingerprint density at radius 2 is 1.82 bits per heavy atom. The predicted molar refractivity (Wildman–Crippen MR) is 66.6 cm³/mol. The number of benzene rings is 1. The van der Waals surface area contributed by atoms with Crippen LogP contribution in [0.4, 0.5) is 0 Å². The first-order valence-electron chi connectivity index (χ1n) is 5.55. The fraction of sp³-hybridized carbons (Fsp3) is 0.286. The molecule has 1 aliphatic rings. The average Bonchev–Trinajstić information content (AvgIpc) is 2.59. The second-order valence-electron chi connectivity index (χ2n) is 5.07. The number of hydrogen-bond donors (Lipinski definition) is 0. The molecule has 0 atom stereocenters. The summed E-state index contributed by atoms with van der Waals surface area (Å²) >= 11 is 0. The van der Waals surface area contributed by atoms with Gasteiger partial charge in [-0.25, -0.2) is 9.79 Å². The van der Waals surface area contributed by atoms with E-state index in [0.717, 1.165) is 5.56 Å². The molecule has 0 radical (unpaired) electrons. The van der Waals surface area contributed by atoms with Gasteiger partial charge in [0.05, 0.1) is 0 Å². The van der Waals surface area contributed by atoms with Crippen LogP contribution in [-0.2, 0) is 9.53 Å². The van der Waals surface area contributed by atoms with E-state index in [0.29, 0.717) is 11.6 Å². The Kier molecular flexibility index (Phi) is 2.84. The van der Waals surface area contributed by atoms with Crippen molar-refractivity contribution >= 4 is 11.9 Å². The summed E-state index contributed by atoms with van der Waals surface area (Å²) in [5.41, 5.74) is 1.11. The number of rotatable bonds is 1. The van der Waals surface area contributed by atoms with Crippen LogP contribution in [0.15, 0.2) is 47.1 Å². The zero-order chi connectivity index (χ0) is 12.5. The van der Waals surface area contributed by atoms with Crippen LogP contribution in [-0.4, -0.2) is 11.9 Å². The summed E-state index contributed by atoms with van der Waals surface area (Å²) in [5.74, 6) is 0.00452. The van der Waals surface area contributed by atoms with Crippen molar-refractivity contribution in [1.29, 1.82) is 0 Å². The van der Waals surface area contributed by atoms with E-state index in [-0.39, 0.29) is 11.4 Å². The van der Waals surface area contributed by atoms with Crippen LogP contribution in [0.25, 0.3) is 0 Å².